The lowest BCUT2D eigenvalue weighted by Gasteiger charge is -2.31. The maximum Gasteiger partial charge on any atom is 0.243 e. The Balaban J connectivity index is 2.72. The monoisotopic (exact) mass is 184 g/mol. The van der Waals surface area contributed by atoms with E-state index in [-0.39, 0.29) is 30.7 Å². The van der Waals surface area contributed by atoms with Crippen LogP contribution in [-0.4, -0.2) is 41.6 Å². The van der Waals surface area contributed by atoms with Gasteiger partial charge < -0.3 is 10.2 Å². The number of hydrogen-bond acceptors (Lipinski definition) is 3. The molecule has 0 bridgehead atoms. The second-order valence-electron chi connectivity index (χ2n) is 3.12. The maximum absolute atomic E-state index is 11.2. The van der Waals surface area contributed by atoms with Gasteiger partial charge in [0, 0.05) is 0 Å². The molecule has 1 rings (SSSR count). The van der Waals surface area contributed by atoms with Gasteiger partial charge in [-0.15, -0.1) is 0 Å². The van der Waals surface area contributed by atoms with E-state index >= 15 is 0 Å². The third kappa shape index (κ3) is 2.05. The van der Waals surface area contributed by atoms with Crippen molar-refractivity contribution >= 4 is 17.6 Å². The van der Waals surface area contributed by atoms with Gasteiger partial charge in [0.1, 0.15) is 11.8 Å². The number of nitrogens with one attached hydrogen (secondary N) is 1. The molecule has 1 fully saturated rings. The second kappa shape index (κ2) is 3.55. The fraction of sp³-hybridized carbons (Fsp3) is 0.625. The standard InChI is InChI=1S/C8H12N2O3/c1-5(11)4-10-6(2)8(13)9-3-7(10)12/h6H,3-4H2,1-2H3,(H,9,13). The van der Waals surface area contributed by atoms with Crippen molar-refractivity contribution in [2.45, 2.75) is 19.9 Å². The lowest BCUT2D eigenvalue weighted by Crippen LogP contribution is -2.58. The molecular formula is C8H12N2O3. The summed E-state index contributed by atoms with van der Waals surface area (Å²) in [4.78, 5) is 34.4. The predicted octanol–water partition coefficient (Wildman–Crippen LogP) is -1.08. The minimum Gasteiger partial charge on any atom is -0.345 e. The maximum atomic E-state index is 11.2. The van der Waals surface area contributed by atoms with Crippen molar-refractivity contribution < 1.29 is 14.4 Å². The van der Waals surface area contributed by atoms with Crippen LogP contribution in [0.3, 0.4) is 0 Å². The average Bonchev–Trinajstić information content (AvgIpc) is 2.05. The van der Waals surface area contributed by atoms with E-state index in [0.29, 0.717) is 0 Å². The molecule has 0 aliphatic carbocycles. The summed E-state index contributed by atoms with van der Waals surface area (Å²) >= 11 is 0. The molecule has 0 aromatic rings. The molecule has 1 aliphatic rings. The molecule has 72 valence electrons. The normalized spacial score (nSPS) is 22.9. The SMILES string of the molecule is CC(=O)CN1C(=O)CNC(=O)C1C. The minimum absolute atomic E-state index is 0.00352. The molecule has 1 aliphatic heterocycles. The van der Waals surface area contributed by atoms with E-state index in [9.17, 15) is 14.4 Å². The van der Waals surface area contributed by atoms with Crippen molar-refractivity contribution in [2.24, 2.45) is 0 Å². The highest BCUT2D eigenvalue weighted by Crippen LogP contribution is 2.04. The molecule has 1 N–H and O–H groups in total. The summed E-state index contributed by atoms with van der Waals surface area (Å²) in [6, 6.07) is -0.537. The third-order valence-electron chi connectivity index (χ3n) is 1.97. The average molecular weight is 184 g/mol. The summed E-state index contributed by atoms with van der Waals surface area (Å²) in [7, 11) is 0. The summed E-state index contributed by atoms with van der Waals surface area (Å²) in [6.07, 6.45) is 0. The molecule has 1 unspecified atom stereocenters. The van der Waals surface area contributed by atoms with Crippen LogP contribution < -0.4 is 5.32 Å². The van der Waals surface area contributed by atoms with Crippen molar-refractivity contribution in [2.75, 3.05) is 13.1 Å². The Kier molecular flexibility index (Phi) is 2.65. The number of ketones is 1. The van der Waals surface area contributed by atoms with E-state index in [1.54, 1.807) is 6.92 Å². The summed E-state index contributed by atoms with van der Waals surface area (Å²) < 4.78 is 0. The molecule has 13 heavy (non-hydrogen) atoms. The van der Waals surface area contributed by atoms with Crippen molar-refractivity contribution in [3.8, 4) is 0 Å². The summed E-state index contributed by atoms with van der Waals surface area (Å²) in [5.74, 6) is -0.530. The van der Waals surface area contributed by atoms with Crippen LogP contribution >= 0.6 is 0 Å². The first-order valence-corrected chi connectivity index (χ1v) is 4.09. The number of piperazine rings is 1. The molecule has 1 atom stereocenters. The number of rotatable bonds is 2. The van der Waals surface area contributed by atoms with E-state index in [1.165, 1.54) is 11.8 Å². The zero-order chi connectivity index (χ0) is 10.0. The van der Waals surface area contributed by atoms with Crippen LogP contribution in [0.5, 0.6) is 0 Å². The van der Waals surface area contributed by atoms with Crippen LogP contribution in [0.15, 0.2) is 0 Å². The predicted molar refractivity (Wildman–Crippen MR) is 44.9 cm³/mol. The van der Waals surface area contributed by atoms with Crippen LogP contribution in [0.4, 0.5) is 0 Å². The lowest BCUT2D eigenvalue weighted by atomic mass is 10.2. The van der Waals surface area contributed by atoms with Crippen LogP contribution in [0.25, 0.3) is 0 Å². The Morgan fingerprint density at radius 2 is 2.23 bits per heavy atom. The van der Waals surface area contributed by atoms with Crippen LogP contribution in [0.1, 0.15) is 13.8 Å². The number of carbonyl (C=O) groups is 3. The third-order valence-corrected chi connectivity index (χ3v) is 1.97. The first-order valence-electron chi connectivity index (χ1n) is 4.09. The van der Waals surface area contributed by atoms with Gasteiger partial charge >= 0.3 is 0 Å². The van der Waals surface area contributed by atoms with E-state index in [2.05, 4.69) is 5.32 Å². The molecule has 0 aromatic heterocycles. The zero-order valence-electron chi connectivity index (χ0n) is 7.66. The largest absolute Gasteiger partial charge is 0.345 e. The van der Waals surface area contributed by atoms with E-state index in [1.807, 2.05) is 0 Å². The highest BCUT2D eigenvalue weighted by Gasteiger charge is 2.31. The van der Waals surface area contributed by atoms with Crippen molar-refractivity contribution in [3.05, 3.63) is 0 Å². The zero-order valence-corrected chi connectivity index (χ0v) is 7.66. The summed E-state index contributed by atoms with van der Waals surface area (Å²) in [5, 5.41) is 2.44. The van der Waals surface area contributed by atoms with Gasteiger partial charge in [-0.25, -0.2) is 0 Å². The molecule has 0 saturated carbocycles. The van der Waals surface area contributed by atoms with Gasteiger partial charge in [-0.05, 0) is 13.8 Å². The number of hydrogen-bond donors (Lipinski definition) is 1. The van der Waals surface area contributed by atoms with Gasteiger partial charge in [-0.1, -0.05) is 0 Å². The number of nitrogens with zero attached hydrogens (tertiary/aromatic N) is 1. The van der Waals surface area contributed by atoms with Gasteiger partial charge in [0.2, 0.25) is 11.8 Å². The number of amides is 2. The molecule has 0 radical (unpaired) electrons. The Labute approximate surface area is 76.1 Å². The number of carbonyl (C=O) groups excluding carboxylic acids is 3. The molecule has 5 nitrogen and oxygen atoms in total. The fourth-order valence-electron chi connectivity index (χ4n) is 1.23. The first-order chi connectivity index (χ1) is 6.02. The molecule has 1 heterocycles. The van der Waals surface area contributed by atoms with Gasteiger partial charge in [0.25, 0.3) is 0 Å². The smallest absolute Gasteiger partial charge is 0.243 e. The second-order valence-corrected chi connectivity index (χ2v) is 3.12. The Morgan fingerprint density at radius 1 is 1.62 bits per heavy atom. The van der Waals surface area contributed by atoms with Crippen LogP contribution in [-0.2, 0) is 14.4 Å². The van der Waals surface area contributed by atoms with Gasteiger partial charge in [-0.2, -0.15) is 0 Å². The van der Waals surface area contributed by atoms with Crippen LogP contribution in [0, 0.1) is 0 Å². The van der Waals surface area contributed by atoms with Crippen LogP contribution in [0.2, 0.25) is 0 Å². The molecule has 5 heteroatoms. The highest BCUT2D eigenvalue weighted by molar-refractivity contribution is 5.96. The quantitative estimate of drug-likeness (QED) is 0.593. The minimum atomic E-state index is -0.537. The molecule has 2 amide bonds. The molecule has 1 saturated heterocycles. The first kappa shape index (κ1) is 9.70. The highest BCUT2D eigenvalue weighted by atomic mass is 16.2. The van der Waals surface area contributed by atoms with E-state index in [4.69, 9.17) is 0 Å². The summed E-state index contributed by atoms with van der Waals surface area (Å²) in [5.41, 5.74) is 0. The Bertz CT molecular complexity index is 262. The van der Waals surface area contributed by atoms with Crippen molar-refractivity contribution in [3.63, 3.8) is 0 Å². The van der Waals surface area contributed by atoms with Gasteiger partial charge in [-0.3, -0.25) is 14.4 Å². The van der Waals surface area contributed by atoms with E-state index < -0.39 is 6.04 Å². The lowest BCUT2D eigenvalue weighted by molar-refractivity contribution is -0.146. The van der Waals surface area contributed by atoms with Crippen molar-refractivity contribution in [1.82, 2.24) is 10.2 Å². The van der Waals surface area contributed by atoms with E-state index in [0.717, 1.165) is 0 Å². The molecular weight excluding hydrogens is 172 g/mol. The molecule has 0 spiro atoms. The Hall–Kier alpha value is -1.39. The van der Waals surface area contributed by atoms with Gasteiger partial charge in [0.05, 0.1) is 13.1 Å². The molecule has 0 aromatic carbocycles. The fourth-order valence-corrected chi connectivity index (χ4v) is 1.23. The van der Waals surface area contributed by atoms with Gasteiger partial charge in [0.15, 0.2) is 0 Å². The summed E-state index contributed by atoms with van der Waals surface area (Å²) in [6.45, 7) is 3.02. The van der Waals surface area contributed by atoms with Crippen molar-refractivity contribution in [1.29, 1.82) is 0 Å². The Morgan fingerprint density at radius 3 is 2.77 bits per heavy atom. The topological polar surface area (TPSA) is 66.5 Å². The number of Topliss-reactive ketones (excluding diaryl/α,β-unsaturated/α-hetero) is 1.